The Bertz CT molecular complexity index is 171. The molecule has 1 nitrogen and oxygen atoms in total. The van der Waals surface area contributed by atoms with Gasteiger partial charge in [0.2, 0.25) is 0 Å². The Morgan fingerprint density at radius 3 is 2.78 bits per heavy atom. The lowest BCUT2D eigenvalue weighted by Crippen LogP contribution is -2.18. The third-order valence-corrected chi connectivity index (χ3v) is 2.89. The van der Waals surface area contributed by atoms with Crippen LogP contribution in [0.5, 0.6) is 0 Å². The zero-order chi connectivity index (χ0) is 6.48. The fraction of sp³-hybridized carbons (Fsp3) is 0.750. The van der Waals surface area contributed by atoms with E-state index in [-0.39, 0.29) is 0 Å². The molecule has 0 radical (unpaired) electrons. The van der Waals surface area contributed by atoms with Crippen LogP contribution in [0.2, 0.25) is 0 Å². The number of rotatable bonds is 0. The van der Waals surface area contributed by atoms with Gasteiger partial charge in [0.25, 0.3) is 0 Å². The van der Waals surface area contributed by atoms with Gasteiger partial charge >= 0.3 is 0 Å². The minimum absolute atomic E-state index is 0.407. The second-order valence-electron chi connectivity index (χ2n) is 3.69. The Hall–Kier alpha value is -0.460. The molecule has 50 valence electrons. The monoisotopic (exact) mass is 123 g/mol. The molecule has 1 fully saturated rings. The first-order chi connectivity index (χ1) is 4.21. The van der Waals surface area contributed by atoms with E-state index in [2.05, 4.69) is 13.0 Å². The summed E-state index contributed by atoms with van der Waals surface area (Å²) < 4.78 is 0. The van der Waals surface area contributed by atoms with Crippen molar-refractivity contribution in [3.8, 4) is 0 Å². The van der Waals surface area contributed by atoms with Gasteiger partial charge in [0, 0.05) is 11.1 Å². The van der Waals surface area contributed by atoms with Gasteiger partial charge in [0.1, 0.15) is 0 Å². The molecule has 1 saturated carbocycles. The summed E-state index contributed by atoms with van der Waals surface area (Å²) in [6, 6.07) is 0. The Kier molecular flexibility index (Phi) is 0.792. The first-order valence-electron chi connectivity index (χ1n) is 3.68. The second kappa shape index (κ2) is 1.34. The largest absolute Gasteiger partial charge is 0.402 e. The molecule has 2 N–H and O–H groups in total. The molecule has 9 heavy (non-hydrogen) atoms. The van der Waals surface area contributed by atoms with E-state index in [4.69, 9.17) is 5.73 Å². The number of hydrogen-bond acceptors (Lipinski definition) is 1. The van der Waals surface area contributed by atoms with Gasteiger partial charge in [-0.2, -0.15) is 0 Å². The maximum atomic E-state index is 5.82. The summed E-state index contributed by atoms with van der Waals surface area (Å²) in [4.78, 5) is 0. The highest BCUT2D eigenvalue weighted by Gasteiger charge is 2.41. The molecule has 2 bridgehead atoms. The van der Waals surface area contributed by atoms with Gasteiger partial charge in [0.05, 0.1) is 0 Å². The quantitative estimate of drug-likeness (QED) is 0.520. The number of fused-ring (bicyclic) bond motifs is 2. The van der Waals surface area contributed by atoms with Gasteiger partial charge in [-0.05, 0) is 25.2 Å². The lowest BCUT2D eigenvalue weighted by atomic mass is 9.88. The summed E-state index contributed by atoms with van der Waals surface area (Å²) in [5.41, 5.74) is 7.37. The fourth-order valence-corrected chi connectivity index (χ4v) is 2.15. The first kappa shape index (κ1) is 5.33. The average Bonchev–Trinajstić information content (AvgIpc) is 2.22. The minimum Gasteiger partial charge on any atom is -0.402 e. The van der Waals surface area contributed by atoms with Gasteiger partial charge in [-0.3, -0.25) is 0 Å². The predicted molar refractivity (Wildman–Crippen MR) is 37.7 cm³/mol. The molecule has 1 heteroatoms. The average molecular weight is 123 g/mol. The van der Waals surface area contributed by atoms with Crippen molar-refractivity contribution in [1.82, 2.24) is 0 Å². The summed E-state index contributed by atoms with van der Waals surface area (Å²) >= 11 is 0. The second-order valence-corrected chi connectivity index (χ2v) is 3.69. The number of nitrogens with two attached hydrogens (primary N) is 1. The van der Waals surface area contributed by atoms with E-state index in [1.165, 1.54) is 19.3 Å². The molecule has 0 heterocycles. The molecule has 0 amide bonds. The first-order valence-corrected chi connectivity index (χ1v) is 3.68. The molecular weight excluding hydrogens is 110 g/mol. The van der Waals surface area contributed by atoms with Crippen molar-refractivity contribution in [1.29, 1.82) is 0 Å². The Morgan fingerprint density at radius 2 is 2.56 bits per heavy atom. The van der Waals surface area contributed by atoms with E-state index in [9.17, 15) is 0 Å². The van der Waals surface area contributed by atoms with Gasteiger partial charge < -0.3 is 5.73 Å². The van der Waals surface area contributed by atoms with Crippen molar-refractivity contribution >= 4 is 0 Å². The van der Waals surface area contributed by atoms with E-state index in [1.807, 2.05) is 0 Å². The van der Waals surface area contributed by atoms with Crippen LogP contribution >= 0.6 is 0 Å². The molecular formula is C8H13N. The maximum absolute atomic E-state index is 5.82. The molecule has 0 aromatic heterocycles. The summed E-state index contributed by atoms with van der Waals surface area (Å²) in [5.74, 6) is 0.829. The SMILES string of the molecule is CC12CCC(C=C1N)C2. The van der Waals surface area contributed by atoms with Gasteiger partial charge in [-0.25, -0.2) is 0 Å². The minimum atomic E-state index is 0.407. The van der Waals surface area contributed by atoms with Crippen molar-refractivity contribution in [3.05, 3.63) is 11.8 Å². The third kappa shape index (κ3) is 0.549. The zero-order valence-corrected chi connectivity index (χ0v) is 5.85. The Labute approximate surface area is 55.9 Å². The van der Waals surface area contributed by atoms with Gasteiger partial charge in [0.15, 0.2) is 0 Å². The van der Waals surface area contributed by atoms with E-state index in [1.54, 1.807) is 0 Å². The fourth-order valence-electron chi connectivity index (χ4n) is 2.15. The molecule has 0 saturated heterocycles. The van der Waals surface area contributed by atoms with Crippen LogP contribution in [-0.2, 0) is 0 Å². The van der Waals surface area contributed by atoms with Crippen molar-refractivity contribution in [2.24, 2.45) is 17.1 Å². The van der Waals surface area contributed by atoms with Crippen LogP contribution in [-0.4, -0.2) is 0 Å². The molecule has 0 aliphatic heterocycles. The maximum Gasteiger partial charge on any atom is 0.0103 e. The summed E-state index contributed by atoms with van der Waals surface area (Å²) in [6.07, 6.45) is 6.26. The van der Waals surface area contributed by atoms with E-state index >= 15 is 0 Å². The summed E-state index contributed by atoms with van der Waals surface area (Å²) in [7, 11) is 0. The van der Waals surface area contributed by atoms with Crippen molar-refractivity contribution in [2.45, 2.75) is 26.2 Å². The van der Waals surface area contributed by atoms with Crippen LogP contribution < -0.4 is 5.73 Å². The van der Waals surface area contributed by atoms with Crippen LogP contribution in [0.15, 0.2) is 11.8 Å². The molecule has 2 unspecified atom stereocenters. The molecule has 0 aromatic rings. The normalized spacial score (nSPS) is 47.7. The molecule has 0 aromatic carbocycles. The summed E-state index contributed by atoms with van der Waals surface area (Å²) in [6.45, 7) is 2.28. The third-order valence-electron chi connectivity index (χ3n) is 2.89. The van der Waals surface area contributed by atoms with Crippen molar-refractivity contribution < 1.29 is 0 Å². The van der Waals surface area contributed by atoms with Crippen LogP contribution in [0.3, 0.4) is 0 Å². The lowest BCUT2D eigenvalue weighted by molar-refractivity contribution is 0.420. The Morgan fingerprint density at radius 1 is 1.78 bits per heavy atom. The van der Waals surface area contributed by atoms with Gasteiger partial charge in [-0.1, -0.05) is 13.0 Å². The highest BCUT2D eigenvalue weighted by molar-refractivity contribution is 5.22. The number of allylic oxidation sites excluding steroid dienone is 2. The standard InChI is InChI=1S/C8H13N/c1-8-3-2-6(5-8)4-7(8)9/h4,6H,2-3,5,9H2,1H3. The highest BCUT2D eigenvalue weighted by atomic mass is 14.7. The molecule has 0 spiro atoms. The molecule has 2 rings (SSSR count). The van der Waals surface area contributed by atoms with Crippen LogP contribution in [0.4, 0.5) is 0 Å². The highest BCUT2D eigenvalue weighted by Crippen LogP contribution is 2.51. The van der Waals surface area contributed by atoms with Crippen molar-refractivity contribution in [3.63, 3.8) is 0 Å². The molecule has 2 aliphatic rings. The van der Waals surface area contributed by atoms with Crippen LogP contribution in [0.1, 0.15) is 26.2 Å². The smallest absolute Gasteiger partial charge is 0.0103 e. The topological polar surface area (TPSA) is 26.0 Å². The lowest BCUT2D eigenvalue weighted by Gasteiger charge is -2.21. The number of hydrogen-bond donors (Lipinski definition) is 1. The van der Waals surface area contributed by atoms with Crippen molar-refractivity contribution in [2.75, 3.05) is 0 Å². The van der Waals surface area contributed by atoms with Crippen LogP contribution in [0.25, 0.3) is 0 Å². The molecule has 2 atom stereocenters. The summed E-state index contributed by atoms with van der Waals surface area (Å²) in [5, 5.41) is 0. The zero-order valence-electron chi connectivity index (χ0n) is 5.85. The van der Waals surface area contributed by atoms with E-state index in [0.29, 0.717) is 5.41 Å². The van der Waals surface area contributed by atoms with Gasteiger partial charge in [-0.15, -0.1) is 0 Å². The molecule has 2 aliphatic carbocycles. The van der Waals surface area contributed by atoms with E-state index in [0.717, 1.165) is 11.6 Å². The predicted octanol–water partition coefficient (Wildman–Crippen LogP) is 1.65. The Balaban J connectivity index is 2.37. The van der Waals surface area contributed by atoms with Crippen LogP contribution in [0, 0.1) is 11.3 Å². The van der Waals surface area contributed by atoms with E-state index < -0.39 is 0 Å².